The summed E-state index contributed by atoms with van der Waals surface area (Å²) in [6, 6.07) is 4.86. The van der Waals surface area contributed by atoms with Crippen molar-refractivity contribution in [2.75, 3.05) is 0 Å². The molecule has 24 heavy (non-hydrogen) atoms. The van der Waals surface area contributed by atoms with E-state index in [1.807, 2.05) is 6.92 Å². The smallest absolute Gasteiger partial charge is 0.347 e. The summed E-state index contributed by atoms with van der Waals surface area (Å²) in [4.78, 5) is 16.2. The lowest BCUT2D eigenvalue weighted by Gasteiger charge is -2.15. The molecule has 0 aliphatic rings. The first-order valence-electron chi connectivity index (χ1n) is 7.52. The molecule has 1 heterocycles. The first-order chi connectivity index (χ1) is 11.3. The second-order valence-corrected chi connectivity index (χ2v) is 5.46. The van der Waals surface area contributed by atoms with E-state index < -0.39 is 11.7 Å². The monoisotopic (exact) mass is 341 g/mol. The van der Waals surface area contributed by atoms with Crippen molar-refractivity contribution in [1.29, 1.82) is 0 Å². The number of amides is 1. The number of halogens is 3. The zero-order chi connectivity index (χ0) is 17.7. The highest BCUT2D eigenvalue weighted by Gasteiger charge is 2.30. The van der Waals surface area contributed by atoms with Crippen LogP contribution in [0.2, 0.25) is 0 Å². The molecule has 0 radical (unpaired) electrons. The summed E-state index contributed by atoms with van der Waals surface area (Å²) in [5.41, 5.74) is -0.0193. The van der Waals surface area contributed by atoms with Crippen LogP contribution >= 0.6 is 0 Å². The molecule has 1 aromatic heterocycles. The number of aromatic nitrogens is 2. The van der Waals surface area contributed by atoms with E-state index in [4.69, 9.17) is 4.52 Å². The van der Waals surface area contributed by atoms with Crippen LogP contribution in [0.25, 0.3) is 0 Å². The first-order valence-corrected chi connectivity index (χ1v) is 7.52. The topological polar surface area (TPSA) is 68.0 Å². The first kappa shape index (κ1) is 18.0. The summed E-state index contributed by atoms with van der Waals surface area (Å²) in [5, 5.41) is 6.33. The average Bonchev–Trinajstić information content (AvgIpc) is 2.95. The van der Waals surface area contributed by atoms with Crippen molar-refractivity contribution in [2.24, 2.45) is 5.92 Å². The number of alkyl halides is 3. The Labute approximate surface area is 137 Å². The summed E-state index contributed by atoms with van der Waals surface area (Å²) in [7, 11) is 0. The Kier molecular flexibility index (Phi) is 5.58. The van der Waals surface area contributed by atoms with E-state index in [0.717, 1.165) is 12.1 Å². The van der Waals surface area contributed by atoms with Crippen LogP contribution in [0.5, 0.6) is 0 Å². The number of aryl methyl sites for hydroxylation is 1. The van der Waals surface area contributed by atoms with Crippen LogP contribution in [0, 0.1) is 12.8 Å². The van der Waals surface area contributed by atoms with E-state index in [1.165, 1.54) is 12.1 Å². The number of hydrogen-bond donors (Lipinski definition) is 1. The lowest BCUT2D eigenvalue weighted by atomic mass is 9.95. The molecule has 2 aromatic rings. The van der Waals surface area contributed by atoms with Gasteiger partial charge in [-0.25, -0.2) is 0 Å². The fourth-order valence-electron chi connectivity index (χ4n) is 2.26. The molecule has 0 saturated heterocycles. The number of nitrogens with one attached hydrogen (secondary N) is 1. The zero-order valence-electron chi connectivity index (χ0n) is 13.4. The largest absolute Gasteiger partial charge is 0.416 e. The standard InChI is InChI=1S/C16H18F3N3O2/c1-3-12(15(23)20-9-14-21-10(2)22-24-14)8-11-4-6-13(7-5-11)16(17,18)19/h4-7,12H,3,8-9H2,1-2H3,(H,20,23)/t12-/m1/s1. The number of carbonyl (C=O) groups excluding carboxylic acids is 1. The van der Waals surface area contributed by atoms with Crippen molar-refractivity contribution in [2.45, 2.75) is 39.4 Å². The van der Waals surface area contributed by atoms with Crippen molar-refractivity contribution >= 4 is 5.91 Å². The summed E-state index contributed by atoms with van der Waals surface area (Å²) < 4.78 is 42.6. The third kappa shape index (κ3) is 4.81. The third-order valence-corrected chi connectivity index (χ3v) is 3.61. The minimum atomic E-state index is -4.36. The second-order valence-electron chi connectivity index (χ2n) is 5.46. The molecule has 2 rings (SSSR count). The molecule has 1 atom stereocenters. The number of carbonyl (C=O) groups is 1. The summed E-state index contributed by atoms with van der Waals surface area (Å²) in [5.74, 6) is 0.250. The summed E-state index contributed by atoms with van der Waals surface area (Å²) in [6.07, 6.45) is -3.43. The lowest BCUT2D eigenvalue weighted by Crippen LogP contribution is -2.31. The summed E-state index contributed by atoms with van der Waals surface area (Å²) >= 11 is 0. The fraction of sp³-hybridized carbons (Fsp3) is 0.438. The SMILES string of the molecule is CC[C@H](Cc1ccc(C(F)(F)F)cc1)C(=O)NCc1nc(C)no1. The van der Waals surface area contributed by atoms with Crippen LogP contribution < -0.4 is 5.32 Å². The van der Waals surface area contributed by atoms with Gasteiger partial charge in [0.15, 0.2) is 5.82 Å². The van der Waals surface area contributed by atoms with E-state index in [9.17, 15) is 18.0 Å². The van der Waals surface area contributed by atoms with Crippen molar-refractivity contribution < 1.29 is 22.5 Å². The Balaban J connectivity index is 1.94. The van der Waals surface area contributed by atoms with Crippen LogP contribution in [-0.4, -0.2) is 16.0 Å². The Hall–Kier alpha value is -2.38. The normalized spacial score (nSPS) is 12.9. The molecule has 0 unspecified atom stereocenters. The van der Waals surface area contributed by atoms with Crippen molar-refractivity contribution in [1.82, 2.24) is 15.5 Å². The molecule has 0 bridgehead atoms. The summed E-state index contributed by atoms with van der Waals surface area (Å²) in [6.45, 7) is 3.66. The van der Waals surface area contributed by atoms with Gasteiger partial charge in [-0.1, -0.05) is 24.2 Å². The fourth-order valence-corrected chi connectivity index (χ4v) is 2.26. The van der Waals surface area contributed by atoms with Gasteiger partial charge in [0.05, 0.1) is 12.1 Å². The van der Waals surface area contributed by atoms with Gasteiger partial charge in [-0.2, -0.15) is 18.2 Å². The van der Waals surface area contributed by atoms with E-state index in [-0.39, 0.29) is 18.4 Å². The van der Waals surface area contributed by atoms with Gasteiger partial charge < -0.3 is 9.84 Å². The number of hydrogen-bond acceptors (Lipinski definition) is 4. The predicted molar refractivity (Wildman–Crippen MR) is 79.8 cm³/mol. The third-order valence-electron chi connectivity index (χ3n) is 3.61. The van der Waals surface area contributed by atoms with Gasteiger partial charge in [0.1, 0.15) is 0 Å². The maximum absolute atomic E-state index is 12.6. The van der Waals surface area contributed by atoms with Crippen LogP contribution in [0.1, 0.15) is 36.2 Å². The lowest BCUT2D eigenvalue weighted by molar-refractivity contribution is -0.137. The highest BCUT2D eigenvalue weighted by molar-refractivity contribution is 5.78. The highest BCUT2D eigenvalue weighted by Crippen LogP contribution is 2.29. The van der Waals surface area contributed by atoms with Gasteiger partial charge in [0.25, 0.3) is 0 Å². The van der Waals surface area contributed by atoms with Crippen LogP contribution in [0.15, 0.2) is 28.8 Å². The van der Waals surface area contributed by atoms with E-state index in [0.29, 0.717) is 30.1 Å². The van der Waals surface area contributed by atoms with Crippen LogP contribution in [-0.2, 0) is 23.9 Å². The van der Waals surface area contributed by atoms with Gasteiger partial charge in [0, 0.05) is 5.92 Å². The second kappa shape index (κ2) is 7.46. The molecular formula is C16H18F3N3O2. The Bertz CT molecular complexity index is 681. The van der Waals surface area contributed by atoms with Gasteiger partial charge >= 0.3 is 6.18 Å². The van der Waals surface area contributed by atoms with Gasteiger partial charge in [-0.05, 0) is 37.5 Å². The van der Waals surface area contributed by atoms with Crippen LogP contribution in [0.4, 0.5) is 13.2 Å². The minimum Gasteiger partial charge on any atom is -0.347 e. The Morgan fingerprint density at radius 2 is 1.96 bits per heavy atom. The number of nitrogens with zero attached hydrogens (tertiary/aromatic N) is 2. The van der Waals surface area contributed by atoms with E-state index in [1.54, 1.807) is 6.92 Å². The molecule has 0 aliphatic heterocycles. The number of benzene rings is 1. The molecule has 0 aliphatic carbocycles. The quantitative estimate of drug-likeness (QED) is 0.875. The Morgan fingerprint density at radius 3 is 2.46 bits per heavy atom. The van der Waals surface area contributed by atoms with E-state index >= 15 is 0 Å². The van der Waals surface area contributed by atoms with Gasteiger partial charge in [0.2, 0.25) is 11.8 Å². The van der Waals surface area contributed by atoms with Crippen molar-refractivity contribution in [3.05, 3.63) is 47.1 Å². The minimum absolute atomic E-state index is 0.128. The highest BCUT2D eigenvalue weighted by atomic mass is 19.4. The average molecular weight is 341 g/mol. The van der Waals surface area contributed by atoms with Crippen LogP contribution in [0.3, 0.4) is 0 Å². The molecular weight excluding hydrogens is 323 g/mol. The molecule has 0 spiro atoms. The van der Waals surface area contributed by atoms with E-state index in [2.05, 4.69) is 15.5 Å². The Morgan fingerprint density at radius 1 is 1.29 bits per heavy atom. The van der Waals surface area contributed by atoms with Gasteiger partial charge in [-0.15, -0.1) is 0 Å². The molecule has 1 amide bonds. The molecule has 8 heteroatoms. The number of rotatable bonds is 6. The molecule has 1 N–H and O–H groups in total. The van der Waals surface area contributed by atoms with Crippen molar-refractivity contribution in [3.8, 4) is 0 Å². The van der Waals surface area contributed by atoms with Crippen molar-refractivity contribution in [3.63, 3.8) is 0 Å². The zero-order valence-corrected chi connectivity index (χ0v) is 13.4. The maximum atomic E-state index is 12.6. The molecule has 0 fully saturated rings. The maximum Gasteiger partial charge on any atom is 0.416 e. The molecule has 130 valence electrons. The molecule has 5 nitrogen and oxygen atoms in total. The van der Waals surface area contributed by atoms with Gasteiger partial charge in [-0.3, -0.25) is 4.79 Å². The molecule has 1 aromatic carbocycles. The molecule has 0 saturated carbocycles. The predicted octanol–water partition coefficient (Wildman–Crippen LogP) is 3.28.